The van der Waals surface area contributed by atoms with Crippen LogP contribution in [0, 0.1) is 30.6 Å². The van der Waals surface area contributed by atoms with E-state index < -0.39 is 0 Å². The largest absolute Gasteiger partial charge is 0.496 e. The third-order valence-electron chi connectivity index (χ3n) is 6.59. The Morgan fingerprint density at radius 1 is 1.13 bits per heavy atom. The number of fused-ring (bicyclic) bond motifs is 5. The molecule has 1 heterocycles. The first kappa shape index (κ1) is 20.4. The van der Waals surface area contributed by atoms with E-state index in [9.17, 15) is 9.59 Å². The van der Waals surface area contributed by atoms with Crippen LogP contribution in [0.15, 0.2) is 35.3 Å². The molecule has 2 N–H and O–H groups in total. The van der Waals surface area contributed by atoms with E-state index in [1.807, 2.05) is 6.92 Å². The Morgan fingerprint density at radius 3 is 2.43 bits per heavy atom. The highest BCUT2D eigenvalue weighted by molar-refractivity contribution is 6.06. The summed E-state index contributed by atoms with van der Waals surface area (Å²) in [5.41, 5.74) is 2.30. The summed E-state index contributed by atoms with van der Waals surface area (Å²) >= 11 is 0. The topological polar surface area (TPSA) is 83.0 Å². The third-order valence-corrected chi connectivity index (χ3v) is 6.59. The molecule has 1 saturated heterocycles. The van der Waals surface area contributed by atoms with Gasteiger partial charge in [-0.3, -0.25) is 19.5 Å². The summed E-state index contributed by atoms with van der Waals surface area (Å²) < 4.78 is 5.38. The van der Waals surface area contributed by atoms with Crippen molar-refractivity contribution in [1.82, 2.24) is 15.5 Å². The van der Waals surface area contributed by atoms with Gasteiger partial charge in [0.2, 0.25) is 11.8 Å². The van der Waals surface area contributed by atoms with Gasteiger partial charge in [0.25, 0.3) is 0 Å². The number of aliphatic imine (C=N–C) groups is 1. The number of imide groups is 1. The minimum Gasteiger partial charge on any atom is -0.496 e. The number of methoxy groups -OCH3 is 1. The lowest BCUT2D eigenvalue weighted by molar-refractivity contribution is -0.140. The standard InChI is InChI=1S/C23H30N4O3/c1-14-4-5-15(12-18(14)30-3)8-9-25-23(24-2)26-10-11-27-21(28)19-16-6-7-17(13-16)20(19)22(27)29/h4-7,12,16-17,19-20H,8-11,13H2,1-3H3,(H2,24,25,26). The molecule has 1 aromatic carbocycles. The Hall–Kier alpha value is -2.83. The number of benzene rings is 1. The van der Waals surface area contributed by atoms with Crippen LogP contribution in [0.2, 0.25) is 0 Å². The number of guanidine groups is 1. The number of hydrogen-bond acceptors (Lipinski definition) is 4. The fraction of sp³-hybridized carbons (Fsp3) is 0.522. The first-order chi connectivity index (χ1) is 14.5. The molecule has 7 heteroatoms. The maximum atomic E-state index is 12.7. The Balaban J connectivity index is 1.23. The van der Waals surface area contributed by atoms with Crippen LogP contribution in [0.1, 0.15) is 17.5 Å². The van der Waals surface area contributed by atoms with Gasteiger partial charge >= 0.3 is 0 Å². The highest BCUT2D eigenvalue weighted by Crippen LogP contribution is 2.52. The number of nitrogens with zero attached hydrogens (tertiary/aromatic N) is 2. The lowest BCUT2D eigenvalue weighted by atomic mass is 9.85. The number of aryl methyl sites for hydroxylation is 1. The van der Waals surface area contributed by atoms with Gasteiger partial charge in [0.1, 0.15) is 5.75 Å². The van der Waals surface area contributed by atoms with Crippen molar-refractivity contribution in [2.75, 3.05) is 33.8 Å². The van der Waals surface area contributed by atoms with E-state index in [4.69, 9.17) is 4.74 Å². The Labute approximate surface area is 177 Å². The van der Waals surface area contributed by atoms with Crippen LogP contribution in [-0.4, -0.2) is 56.5 Å². The summed E-state index contributed by atoms with van der Waals surface area (Å²) in [4.78, 5) is 31.1. The van der Waals surface area contributed by atoms with Crippen LogP contribution >= 0.6 is 0 Å². The Bertz CT molecular complexity index is 864. The fourth-order valence-electron chi connectivity index (χ4n) is 5.04. The number of ether oxygens (including phenoxy) is 1. The molecule has 4 atom stereocenters. The number of hydrogen-bond donors (Lipinski definition) is 2. The Kier molecular flexibility index (Phi) is 5.79. The number of allylic oxidation sites excluding steroid dienone is 2. The minimum atomic E-state index is -0.128. The highest BCUT2D eigenvalue weighted by Gasteiger charge is 2.58. The molecular formula is C23H30N4O3. The molecule has 1 aromatic rings. The first-order valence-electron chi connectivity index (χ1n) is 10.6. The smallest absolute Gasteiger partial charge is 0.233 e. The molecular weight excluding hydrogens is 380 g/mol. The molecule has 7 nitrogen and oxygen atoms in total. The number of carbonyl (C=O) groups is 2. The van der Waals surface area contributed by atoms with Crippen molar-refractivity contribution < 1.29 is 14.3 Å². The molecule has 2 amide bonds. The zero-order valence-corrected chi connectivity index (χ0v) is 17.9. The molecule has 1 aliphatic heterocycles. The van der Waals surface area contributed by atoms with Crippen molar-refractivity contribution >= 4 is 17.8 Å². The van der Waals surface area contributed by atoms with E-state index >= 15 is 0 Å². The minimum absolute atomic E-state index is 0.0000789. The van der Waals surface area contributed by atoms with Crippen molar-refractivity contribution in [3.8, 4) is 5.75 Å². The van der Waals surface area contributed by atoms with Gasteiger partial charge in [-0.25, -0.2) is 0 Å². The third kappa shape index (κ3) is 3.68. The normalized spacial score (nSPS) is 27.0. The van der Waals surface area contributed by atoms with Crippen LogP contribution in [-0.2, 0) is 16.0 Å². The lowest BCUT2D eigenvalue weighted by Gasteiger charge is -2.18. The summed E-state index contributed by atoms with van der Waals surface area (Å²) in [6.45, 7) is 3.60. The molecule has 0 spiro atoms. The summed E-state index contributed by atoms with van der Waals surface area (Å²) in [6.07, 6.45) is 6.03. The molecule has 2 aliphatic carbocycles. The van der Waals surface area contributed by atoms with E-state index in [1.54, 1.807) is 14.2 Å². The maximum Gasteiger partial charge on any atom is 0.233 e. The maximum absolute atomic E-state index is 12.7. The van der Waals surface area contributed by atoms with Gasteiger partial charge in [-0.05, 0) is 48.8 Å². The average Bonchev–Trinajstić information content (AvgIpc) is 3.43. The van der Waals surface area contributed by atoms with E-state index in [1.165, 1.54) is 10.5 Å². The van der Waals surface area contributed by atoms with E-state index in [-0.39, 0.29) is 35.5 Å². The zero-order valence-electron chi connectivity index (χ0n) is 17.9. The first-order valence-corrected chi connectivity index (χ1v) is 10.6. The highest BCUT2D eigenvalue weighted by atomic mass is 16.5. The van der Waals surface area contributed by atoms with E-state index in [0.29, 0.717) is 25.6 Å². The second-order valence-electron chi connectivity index (χ2n) is 8.31. The predicted molar refractivity (Wildman–Crippen MR) is 115 cm³/mol. The predicted octanol–water partition coefficient (Wildman–Crippen LogP) is 1.52. The van der Waals surface area contributed by atoms with Gasteiger partial charge in [0.15, 0.2) is 5.96 Å². The van der Waals surface area contributed by atoms with Crippen LogP contribution in [0.3, 0.4) is 0 Å². The monoisotopic (exact) mass is 410 g/mol. The summed E-state index contributed by atoms with van der Waals surface area (Å²) in [5.74, 6) is 1.81. The molecule has 4 unspecified atom stereocenters. The fourth-order valence-corrected chi connectivity index (χ4v) is 5.04. The quantitative estimate of drug-likeness (QED) is 0.308. The summed E-state index contributed by atoms with van der Waals surface area (Å²) in [6, 6.07) is 6.21. The molecule has 4 rings (SSSR count). The van der Waals surface area contributed by atoms with Crippen molar-refractivity contribution in [3.05, 3.63) is 41.5 Å². The average molecular weight is 411 g/mol. The molecule has 0 radical (unpaired) electrons. The number of carbonyl (C=O) groups excluding carboxylic acids is 2. The number of rotatable bonds is 7. The molecule has 1 saturated carbocycles. The van der Waals surface area contributed by atoms with Crippen LogP contribution < -0.4 is 15.4 Å². The molecule has 30 heavy (non-hydrogen) atoms. The van der Waals surface area contributed by atoms with Crippen LogP contribution in [0.4, 0.5) is 0 Å². The van der Waals surface area contributed by atoms with Crippen molar-refractivity contribution in [3.63, 3.8) is 0 Å². The van der Waals surface area contributed by atoms with Crippen LogP contribution in [0.25, 0.3) is 0 Å². The molecule has 2 bridgehead atoms. The van der Waals surface area contributed by atoms with Gasteiger partial charge in [0.05, 0.1) is 18.9 Å². The number of amides is 2. The zero-order chi connectivity index (χ0) is 21.3. The number of nitrogens with one attached hydrogen (secondary N) is 2. The summed E-state index contributed by atoms with van der Waals surface area (Å²) in [5, 5.41) is 6.49. The van der Waals surface area contributed by atoms with E-state index in [2.05, 4.69) is 46.0 Å². The van der Waals surface area contributed by atoms with Gasteiger partial charge in [-0.15, -0.1) is 0 Å². The van der Waals surface area contributed by atoms with Crippen molar-refractivity contribution in [2.45, 2.75) is 19.8 Å². The van der Waals surface area contributed by atoms with Gasteiger partial charge in [0, 0.05) is 26.7 Å². The lowest BCUT2D eigenvalue weighted by Crippen LogP contribution is -2.44. The SMILES string of the molecule is CN=C(NCCc1ccc(C)c(OC)c1)NCCN1C(=O)C2C3C=CC(C3)C2C1=O. The van der Waals surface area contributed by atoms with Crippen LogP contribution in [0.5, 0.6) is 5.75 Å². The Morgan fingerprint density at radius 2 is 1.80 bits per heavy atom. The van der Waals surface area contributed by atoms with Crippen molar-refractivity contribution in [2.24, 2.45) is 28.7 Å². The van der Waals surface area contributed by atoms with Gasteiger partial charge in [-0.2, -0.15) is 0 Å². The van der Waals surface area contributed by atoms with Gasteiger partial charge < -0.3 is 15.4 Å². The second-order valence-corrected chi connectivity index (χ2v) is 8.31. The van der Waals surface area contributed by atoms with Gasteiger partial charge in [-0.1, -0.05) is 24.3 Å². The second kappa shape index (κ2) is 8.50. The number of likely N-dealkylation sites (tertiary alicyclic amines) is 1. The molecule has 0 aromatic heterocycles. The van der Waals surface area contributed by atoms with E-state index in [0.717, 1.165) is 24.2 Å². The summed E-state index contributed by atoms with van der Waals surface area (Å²) in [7, 11) is 3.39. The molecule has 2 fully saturated rings. The molecule has 160 valence electrons. The molecule has 3 aliphatic rings. The van der Waals surface area contributed by atoms with Crippen molar-refractivity contribution in [1.29, 1.82) is 0 Å².